The molecule has 4 atom stereocenters. The molecular weight excluding hydrogens is 257 g/mol. The van der Waals surface area contributed by atoms with Crippen molar-refractivity contribution in [3.8, 4) is 0 Å². The molecule has 0 spiro atoms. The van der Waals surface area contributed by atoms with Crippen LogP contribution >= 0.6 is 0 Å². The van der Waals surface area contributed by atoms with Gasteiger partial charge in [-0.05, 0) is 12.3 Å². The van der Waals surface area contributed by atoms with Crippen LogP contribution in [0.5, 0.6) is 0 Å². The Kier molecular flexibility index (Phi) is 3.93. The molecule has 1 aliphatic rings. The molecule has 0 aromatic carbocycles. The second kappa shape index (κ2) is 5.47. The average molecular weight is 271 g/mol. The van der Waals surface area contributed by atoms with E-state index in [9.17, 15) is 14.3 Å². The summed E-state index contributed by atoms with van der Waals surface area (Å²) in [5, 5.41) is 21.0. The Balaban J connectivity index is 2.28. The fourth-order valence-corrected chi connectivity index (χ4v) is 1.87. The SMILES string of the molecule is C=CNc1ccn([C@@H]2O[C@H](CO)[C@@H](O)[C@@H]2F)c(=O)n1. The van der Waals surface area contributed by atoms with Crippen LogP contribution in [0.25, 0.3) is 0 Å². The standard InChI is InChI=1S/C11H14FN3O4/c1-2-13-7-3-4-15(11(18)14-7)10-8(12)9(17)6(5-16)19-10/h2-4,6,8-10,16-17H,1,5H2,(H,13,14,18)/t6-,8+,9-,10-/m1/s1. The number of aliphatic hydroxyl groups is 2. The molecule has 0 saturated carbocycles. The first-order valence-electron chi connectivity index (χ1n) is 5.63. The summed E-state index contributed by atoms with van der Waals surface area (Å²) in [6.45, 7) is 2.89. The maximum atomic E-state index is 13.8. The molecule has 1 aromatic rings. The second-order valence-electron chi connectivity index (χ2n) is 4.03. The van der Waals surface area contributed by atoms with Gasteiger partial charge in [-0.15, -0.1) is 0 Å². The van der Waals surface area contributed by atoms with E-state index in [0.717, 1.165) is 4.57 Å². The highest BCUT2D eigenvalue weighted by molar-refractivity contribution is 5.34. The molecular formula is C11H14FN3O4. The summed E-state index contributed by atoms with van der Waals surface area (Å²) >= 11 is 0. The predicted octanol–water partition coefficient (Wildman–Crippen LogP) is -0.613. The third-order valence-corrected chi connectivity index (χ3v) is 2.83. The van der Waals surface area contributed by atoms with Gasteiger partial charge < -0.3 is 20.3 Å². The number of halogens is 1. The zero-order valence-corrected chi connectivity index (χ0v) is 9.94. The monoisotopic (exact) mass is 271 g/mol. The number of hydrogen-bond donors (Lipinski definition) is 3. The van der Waals surface area contributed by atoms with Crippen LogP contribution in [-0.2, 0) is 4.74 Å². The number of alkyl halides is 1. The third-order valence-electron chi connectivity index (χ3n) is 2.83. The molecule has 0 aliphatic carbocycles. The van der Waals surface area contributed by atoms with Gasteiger partial charge in [-0.1, -0.05) is 6.58 Å². The highest BCUT2D eigenvalue weighted by Crippen LogP contribution is 2.30. The van der Waals surface area contributed by atoms with Crippen molar-refractivity contribution < 1.29 is 19.3 Å². The number of hydrogen-bond acceptors (Lipinski definition) is 6. The lowest BCUT2D eigenvalue weighted by Crippen LogP contribution is -2.33. The quantitative estimate of drug-likeness (QED) is 0.676. The molecule has 1 fully saturated rings. The molecule has 0 unspecified atom stereocenters. The third kappa shape index (κ3) is 2.50. The molecule has 19 heavy (non-hydrogen) atoms. The van der Waals surface area contributed by atoms with E-state index < -0.39 is 36.9 Å². The van der Waals surface area contributed by atoms with Crippen LogP contribution in [0.15, 0.2) is 29.8 Å². The van der Waals surface area contributed by atoms with E-state index in [1.54, 1.807) is 0 Å². The molecule has 1 aliphatic heterocycles. The Hall–Kier alpha value is -1.77. The zero-order valence-electron chi connectivity index (χ0n) is 9.94. The summed E-state index contributed by atoms with van der Waals surface area (Å²) in [5.41, 5.74) is -0.731. The fraction of sp³-hybridized carbons (Fsp3) is 0.455. The van der Waals surface area contributed by atoms with Gasteiger partial charge in [0.05, 0.1) is 6.61 Å². The van der Waals surface area contributed by atoms with Gasteiger partial charge in [-0.25, -0.2) is 9.18 Å². The summed E-state index contributed by atoms with van der Waals surface area (Å²) in [6, 6.07) is 1.44. The second-order valence-corrected chi connectivity index (χ2v) is 4.03. The molecule has 2 rings (SSSR count). The normalized spacial score (nSPS) is 30.3. The van der Waals surface area contributed by atoms with Crippen molar-refractivity contribution in [3.05, 3.63) is 35.5 Å². The molecule has 0 amide bonds. The summed E-state index contributed by atoms with van der Waals surface area (Å²) in [5.74, 6) is 0.268. The van der Waals surface area contributed by atoms with E-state index in [1.165, 1.54) is 18.5 Å². The van der Waals surface area contributed by atoms with Crippen LogP contribution in [0.1, 0.15) is 6.23 Å². The Bertz CT molecular complexity index is 521. The lowest BCUT2D eigenvalue weighted by molar-refractivity contribution is -0.0490. The van der Waals surface area contributed by atoms with Gasteiger partial charge in [0, 0.05) is 6.20 Å². The van der Waals surface area contributed by atoms with Crippen molar-refractivity contribution in [3.63, 3.8) is 0 Å². The molecule has 3 N–H and O–H groups in total. The minimum Gasteiger partial charge on any atom is -0.394 e. The van der Waals surface area contributed by atoms with Gasteiger partial charge in [-0.3, -0.25) is 4.57 Å². The molecule has 1 aromatic heterocycles. The number of ether oxygens (including phenoxy) is 1. The van der Waals surface area contributed by atoms with E-state index in [1.807, 2.05) is 0 Å². The highest BCUT2D eigenvalue weighted by atomic mass is 19.1. The number of nitrogens with zero attached hydrogens (tertiary/aromatic N) is 2. The molecule has 0 bridgehead atoms. The molecule has 2 heterocycles. The Labute approximate surface area is 108 Å². The van der Waals surface area contributed by atoms with Gasteiger partial charge in [0.1, 0.15) is 18.0 Å². The molecule has 1 saturated heterocycles. The molecule has 8 heteroatoms. The van der Waals surface area contributed by atoms with Crippen molar-refractivity contribution in [2.45, 2.75) is 24.6 Å². The van der Waals surface area contributed by atoms with Crippen LogP contribution in [0.3, 0.4) is 0 Å². The van der Waals surface area contributed by atoms with Crippen molar-refractivity contribution >= 4 is 5.82 Å². The van der Waals surface area contributed by atoms with Crippen LogP contribution < -0.4 is 11.0 Å². The highest BCUT2D eigenvalue weighted by Gasteiger charge is 2.45. The lowest BCUT2D eigenvalue weighted by atomic mass is 10.1. The van der Waals surface area contributed by atoms with Crippen molar-refractivity contribution in [1.82, 2.24) is 9.55 Å². The number of nitrogens with one attached hydrogen (secondary N) is 1. The minimum atomic E-state index is -1.81. The first kappa shape index (κ1) is 13.7. The lowest BCUT2D eigenvalue weighted by Gasteiger charge is -2.15. The van der Waals surface area contributed by atoms with Crippen molar-refractivity contribution in [2.24, 2.45) is 0 Å². The first-order chi connectivity index (χ1) is 9.08. The smallest absolute Gasteiger partial charge is 0.351 e. The van der Waals surface area contributed by atoms with Gasteiger partial charge in [-0.2, -0.15) is 4.98 Å². The molecule has 7 nitrogen and oxygen atoms in total. The summed E-state index contributed by atoms with van der Waals surface area (Å²) in [4.78, 5) is 15.4. The number of aromatic nitrogens is 2. The Morgan fingerprint density at radius 2 is 2.42 bits per heavy atom. The number of anilines is 1. The van der Waals surface area contributed by atoms with Gasteiger partial charge in [0.2, 0.25) is 0 Å². The summed E-state index contributed by atoms with van der Waals surface area (Å²) < 4.78 is 19.9. The van der Waals surface area contributed by atoms with E-state index in [-0.39, 0.29) is 5.82 Å². The van der Waals surface area contributed by atoms with Gasteiger partial charge in [0.15, 0.2) is 12.4 Å². The van der Waals surface area contributed by atoms with Gasteiger partial charge >= 0.3 is 5.69 Å². The Morgan fingerprint density at radius 3 is 2.95 bits per heavy atom. The predicted molar refractivity (Wildman–Crippen MR) is 64.2 cm³/mol. The first-order valence-corrected chi connectivity index (χ1v) is 5.63. The van der Waals surface area contributed by atoms with Crippen LogP contribution in [0.4, 0.5) is 10.2 Å². The van der Waals surface area contributed by atoms with E-state index in [4.69, 9.17) is 9.84 Å². The maximum absolute atomic E-state index is 13.8. The largest absolute Gasteiger partial charge is 0.394 e. The van der Waals surface area contributed by atoms with Crippen molar-refractivity contribution in [1.29, 1.82) is 0 Å². The summed E-state index contributed by atoms with van der Waals surface area (Å²) in [7, 11) is 0. The molecule has 104 valence electrons. The van der Waals surface area contributed by atoms with Crippen molar-refractivity contribution in [2.75, 3.05) is 11.9 Å². The maximum Gasteiger partial charge on any atom is 0.351 e. The molecule has 0 radical (unpaired) electrons. The topological polar surface area (TPSA) is 96.6 Å². The average Bonchev–Trinajstić information content (AvgIpc) is 2.67. The minimum absolute atomic E-state index is 0.268. The number of aliphatic hydroxyl groups excluding tert-OH is 2. The van der Waals surface area contributed by atoms with Crippen LogP contribution in [-0.4, -0.2) is 44.8 Å². The Morgan fingerprint density at radius 1 is 1.68 bits per heavy atom. The fourth-order valence-electron chi connectivity index (χ4n) is 1.87. The summed E-state index contributed by atoms with van der Waals surface area (Å²) in [6.07, 6.45) is -3.00. The van der Waals surface area contributed by atoms with E-state index in [2.05, 4.69) is 16.9 Å². The van der Waals surface area contributed by atoms with E-state index >= 15 is 0 Å². The number of rotatable bonds is 4. The van der Waals surface area contributed by atoms with Crippen LogP contribution in [0, 0.1) is 0 Å². The van der Waals surface area contributed by atoms with Gasteiger partial charge in [0.25, 0.3) is 0 Å². The van der Waals surface area contributed by atoms with Crippen LogP contribution in [0.2, 0.25) is 0 Å². The zero-order chi connectivity index (χ0) is 14.0. The van der Waals surface area contributed by atoms with E-state index in [0.29, 0.717) is 0 Å².